The summed E-state index contributed by atoms with van der Waals surface area (Å²) in [6, 6.07) is 5.27. The maximum absolute atomic E-state index is 12.5. The number of halogens is 2. The van der Waals surface area contributed by atoms with Crippen LogP contribution >= 0.6 is 35.8 Å². The first kappa shape index (κ1) is 16.5. The fourth-order valence-corrected chi connectivity index (χ4v) is 3.45. The number of rotatable bonds is 1. The molecule has 2 rings (SSSR count). The molecule has 1 aliphatic heterocycles. The van der Waals surface area contributed by atoms with Gasteiger partial charge >= 0.3 is 0 Å². The number of nitrogens with two attached hydrogens (primary N) is 1. The van der Waals surface area contributed by atoms with Crippen molar-refractivity contribution in [3.8, 4) is 0 Å². The summed E-state index contributed by atoms with van der Waals surface area (Å²) in [5.41, 5.74) is 6.76. The molecule has 0 radical (unpaired) electrons. The monoisotopic (exact) mass is 320 g/mol. The second-order valence-electron chi connectivity index (χ2n) is 4.55. The van der Waals surface area contributed by atoms with Crippen molar-refractivity contribution in [2.24, 2.45) is 0 Å². The van der Waals surface area contributed by atoms with E-state index in [0.717, 1.165) is 12.3 Å². The molecule has 0 aliphatic carbocycles. The Bertz CT molecular complexity index is 470. The summed E-state index contributed by atoms with van der Waals surface area (Å²) in [5, 5.41) is 0.883. The highest BCUT2D eigenvalue weighted by atomic mass is 35.5. The molecule has 2 atom stereocenters. The zero-order valence-electron chi connectivity index (χ0n) is 10.9. The Kier molecular flexibility index (Phi) is 5.83. The zero-order valence-corrected chi connectivity index (χ0v) is 13.3. The highest BCUT2D eigenvalue weighted by Crippen LogP contribution is 2.28. The Morgan fingerprint density at radius 1 is 1.47 bits per heavy atom. The fourth-order valence-electron chi connectivity index (χ4n) is 2.08. The van der Waals surface area contributed by atoms with Crippen LogP contribution in [0.25, 0.3) is 0 Å². The molecule has 1 saturated heterocycles. The van der Waals surface area contributed by atoms with Gasteiger partial charge in [0.25, 0.3) is 5.91 Å². The molecule has 2 N–H and O–H groups in total. The number of carbonyl (C=O) groups excluding carboxylic acids is 1. The van der Waals surface area contributed by atoms with Crippen LogP contribution in [-0.2, 0) is 0 Å². The maximum Gasteiger partial charge on any atom is 0.255 e. The number of anilines is 1. The van der Waals surface area contributed by atoms with E-state index in [9.17, 15) is 4.79 Å². The molecular weight excluding hydrogens is 303 g/mol. The number of thioether (sulfide) groups is 1. The predicted octanol–water partition coefficient (Wildman–Crippen LogP) is 3.31. The minimum atomic E-state index is -0.000324. The molecule has 0 spiro atoms. The summed E-state index contributed by atoms with van der Waals surface area (Å²) in [7, 11) is 0. The van der Waals surface area contributed by atoms with E-state index < -0.39 is 0 Å². The number of nitrogens with zero attached hydrogens (tertiary/aromatic N) is 1. The van der Waals surface area contributed by atoms with Crippen LogP contribution in [0.15, 0.2) is 18.2 Å². The Balaban J connectivity index is 0.00000180. The van der Waals surface area contributed by atoms with E-state index >= 15 is 0 Å². The highest BCUT2D eigenvalue weighted by Gasteiger charge is 2.30. The number of benzene rings is 1. The third-order valence-corrected chi connectivity index (χ3v) is 5.02. The van der Waals surface area contributed by atoms with Gasteiger partial charge in [-0.15, -0.1) is 12.4 Å². The van der Waals surface area contributed by atoms with E-state index in [1.807, 2.05) is 16.7 Å². The van der Waals surface area contributed by atoms with Crippen molar-refractivity contribution < 1.29 is 4.79 Å². The third kappa shape index (κ3) is 3.50. The van der Waals surface area contributed by atoms with Gasteiger partial charge in [0.05, 0.1) is 10.6 Å². The van der Waals surface area contributed by atoms with E-state index in [2.05, 4.69) is 13.8 Å². The molecule has 1 heterocycles. The van der Waals surface area contributed by atoms with Crippen LogP contribution in [0.5, 0.6) is 0 Å². The van der Waals surface area contributed by atoms with Crippen molar-refractivity contribution in [3.05, 3.63) is 28.8 Å². The molecule has 106 valence electrons. The number of carbonyl (C=O) groups is 1. The van der Waals surface area contributed by atoms with Gasteiger partial charge in [-0.3, -0.25) is 4.79 Å². The smallest absolute Gasteiger partial charge is 0.255 e. The van der Waals surface area contributed by atoms with Gasteiger partial charge in [0.1, 0.15) is 0 Å². The molecular formula is C13H18Cl2N2OS. The summed E-state index contributed by atoms with van der Waals surface area (Å²) in [6.45, 7) is 5.01. The summed E-state index contributed by atoms with van der Waals surface area (Å²) in [5.74, 6) is 0.976. The first-order chi connectivity index (χ1) is 8.50. The second kappa shape index (κ2) is 6.73. The first-order valence-corrected chi connectivity index (χ1v) is 7.41. The third-order valence-electron chi connectivity index (χ3n) is 3.37. The molecule has 0 bridgehead atoms. The zero-order chi connectivity index (χ0) is 13.3. The molecule has 2 unspecified atom stereocenters. The molecule has 0 saturated carbocycles. The van der Waals surface area contributed by atoms with Crippen molar-refractivity contribution in [1.82, 2.24) is 4.90 Å². The standard InChI is InChI=1S/C13H17ClN2OS.ClH/c1-8-9(2)18-6-5-16(8)13(17)11-4-3-10(15)7-12(11)14;/h3-4,7-9H,5-6,15H2,1-2H3;1H. The number of hydrogen-bond donors (Lipinski definition) is 1. The lowest BCUT2D eigenvalue weighted by atomic mass is 10.1. The summed E-state index contributed by atoms with van der Waals surface area (Å²) < 4.78 is 0. The van der Waals surface area contributed by atoms with E-state index in [0.29, 0.717) is 21.5 Å². The SMILES string of the molecule is CC1SCCN(C(=O)c2ccc(N)cc2Cl)C1C.Cl. The van der Waals surface area contributed by atoms with Gasteiger partial charge < -0.3 is 10.6 Å². The van der Waals surface area contributed by atoms with Crippen molar-refractivity contribution in [1.29, 1.82) is 0 Å². The maximum atomic E-state index is 12.5. The van der Waals surface area contributed by atoms with Gasteiger partial charge in [-0.2, -0.15) is 11.8 Å². The number of nitrogen functional groups attached to an aromatic ring is 1. The van der Waals surface area contributed by atoms with Crippen molar-refractivity contribution in [3.63, 3.8) is 0 Å². The molecule has 3 nitrogen and oxygen atoms in total. The number of amides is 1. The van der Waals surface area contributed by atoms with Gasteiger partial charge in [-0.25, -0.2) is 0 Å². The largest absolute Gasteiger partial charge is 0.399 e. The van der Waals surface area contributed by atoms with E-state index in [1.165, 1.54) is 0 Å². The molecule has 1 amide bonds. The minimum Gasteiger partial charge on any atom is -0.399 e. The molecule has 1 aliphatic rings. The average Bonchev–Trinajstić information content (AvgIpc) is 2.32. The predicted molar refractivity (Wildman–Crippen MR) is 85.5 cm³/mol. The molecule has 1 aromatic carbocycles. The van der Waals surface area contributed by atoms with Gasteiger partial charge in [-0.1, -0.05) is 18.5 Å². The Labute approximate surface area is 129 Å². The van der Waals surface area contributed by atoms with Gasteiger partial charge in [0.15, 0.2) is 0 Å². The lowest BCUT2D eigenvalue weighted by Gasteiger charge is -2.37. The van der Waals surface area contributed by atoms with Gasteiger partial charge in [-0.05, 0) is 25.1 Å². The Morgan fingerprint density at radius 2 is 2.16 bits per heavy atom. The van der Waals surface area contributed by atoms with Crippen LogP contribution in [-0.4, -0.2) is 34.4 Å². The van der Waals surface area contributed by atoms with E-state index in [-0.39, 0.29) is 24.4 Å². The molecule has 1 aromatic rings. The first-order valence-electron chi connectivity index (χ1n) is 5.98. The fraction of sp³-hybridized carbons (Fsp3) is 0.462. The second-order valence-corrected chi connectivity index (χ2v) is 6.45. The number of hydrogen-bond acceptors (Lipinski definition) is 3. The van der Waals surface area contributed by atoms with Crippen LogP contribution in [0.4, 0.5) is 5.69 Å². The average molecular weight is 321 g/mol. The Morgan fingerprint density at radius 3 is 2.79 bits per heavy atom. The van der Waals surface area contributed by atoms with Gasteiger partial charge in [0.2, 0.25) is 0 Å². The van der Waals surface area contributed by atoms with Crippen LogP contribution in [0, 0.1) is 0 Å². The van der Waals surface area contributed by atoms with Crippen molar-refractivity contribution in [2.45, 2.75) is 25.1 Å². The molecule has 0 aromatic heterocycles. The van der Waals surface area contributed by atoms with Crippen LogP contribution in [0.2, 0.25) is 5.02 Å². The summed E-state index contributed by atoms with van der Waals surface area (Å²) in [4.78, 5) is 14.4. The normalized spacial score (nSPS) is 22.8. The van der Waals surface area contributed by atoms with Crippen molar-refractivity contribution in [2.75, 3.05) is 18.0 Å². The molecule has 6 heteroatoms. The Hall–Kier alpha value is -0.580. The highest BCUT2D eigenvalue weighted by molar-refractivity contribution is 8.00. The lowest BCUT2D eigenvalue weighted by molar-refractivity contribution is 0.0698. The van der Waals surface area contributed by atoms with Crippen LogP contribution in [0.3, 0.4) is 0 Å². The van der Waals surface area contributed by atoms with Crippen molar-refractivity contribution >= 4 is 47.4 Å². The molecule has 1 fully saturated rings. The lowest BCUT2D eigenvalue weighted by Crippen LogP contribution is -2.48. The summed E-state index contributed by atoms with van der Waals surface area (Å²) in [6.07, 6.45) is 0. The van der Waals surface area contributed by atoms with E-state index in [4.69, 9.17) is 17.3 Å². The van der Waals surface area contributed by atoms with Gasteiger partial charge in [0, 0.05) is 29.3 Å². The van der Waals surface area contributed by atoms with E-state index in [1.54, 1.807) is 18.2 Å². The topological polar surface area (TPSA) is 46.3 Å². The van der Waals surface area contributed by atoms with Crippen LogP contribution < -0.4 is 5.73 Å². The minimum absolute atomic E-state index is 0. The molecule has 19 heavy (non-hydrogen) atoms. The van der Waals surface area contributed by atoms with Crippen LogP contribution in [0.1, 0.15) is 24.2 Å². The summed E-state index contributed by atoms with van der Waals surface area (Å²) >= 11 is 8.00. The quantitative estimate of drug-likeness (QED) is 0.807.